The van der Waals surface area contributed by atoms with E-state index in [9.17, 15) is 4.79 Å². The van der Waals surface area contributed by atoms with Crippen LogP contribution in [0.3, 0.4) is 0 Å². The molecule has 0 atom stereocenters. The summed E-state index contributed by atoms with van der Waals surface area (Å²) in [5, 5.41) is 0. The second-order valence-electron chi connectivity index (χ2n) is 2.77. The molecule has 0 N–H and O–H groups in total. The van der Waals surface area contributed by atoms with E-state index in [-0.39, 0.29) is 5.97 Å². The molecule has 68 valence electrons. The van der Waals surface area contributed by atoms with Gasteiger partial charge in [-0.25, -0.2) is 4.79 Å². The highest BCUT2D eigenvalue weighted by atomic mass is 16.5. The van der Waals surface area contributed by atoms with E-state index in [1.807, 2.05) is 6.08 Å². The Kier molecular flexibility index (Phi) is 5.09. The van der Waals surface area contributed by atoms with Crippen LogP contribution in [0.4, 0.5) is 0 Å². The van der Waals surface area contributed by atoms with E-state index in [0.717, 1.165) is 12.8 Å². The lowest BCUT2D eigenvalue weighted by Crippen LogP contribution is -2.02. The quantitative estimate of drug-likeness (QED) is 0.366. The molecule has 2 heteroatoms. The second-order valence-corrected chi connectivity index (χ2v) is 2.77. The molecule has 0 aliphatic heterocycles. The van der Waals surface area contributed by atoms with Crippen LogP contribution in [-0.4, -0.2) is 5.97 Å². The zero-order chi connectivity index (χ0) is 9.56. The van der Waals surface area contributed by atoms with E-state index in [1.54, 1.807) is 13.8 Å². The van der Waals surface area contributed by atoms with Gasteiger partial charge in [0.1, 0.15) is 5.76 Å². The maximum absolute atomic E-state index is 11.0. The highest BCUT2D eigenvalue weighted by Crippen LogP contribution is 2.03. The average molecular weight is 168 g/mol. The van der Waals surface area contributed by atoms with Crippen LogP contribution in [0.25, 0.3) is 0 Å². The molecule has 0 aromatic rings. The molecule has 0 saturated carbocycles. The number of carbonyl (C=O) groups is 1. The Labute approximate surface area is 73.9 Å². The lowest BCUT2D eigenvalue weighted by atomic mass is 10.3. The van der Waals surface area contributed by atoms with Gasteiger partial charge in [-0.1, -0.05) is 19.9 Å². The third kappa shape index (κ3) is 4.72. The van der Waals surface area contributed by atoms with Gasteiger partial charge >= 0.3 is 5.97 Å². The topological polar surface area (TPSA) is 26.3 Å². The van der Waals surface area contributed by atoms with Crippen molar-refractivity contribution >= 4 is 5.97 Å². The van der Waals surface area contributed by atoms with Gasteiger partial charge in [0.05, 0.1) is 0 Å². The predicted octanol–water partition coefficient (Wildman–Crippen LogP) is 2.81. The van der Waals surface area contributed by atoms with Crippen LogP contribution in [0, 0.1) is 0 Å². The maximum Gasteiger partial charge on any atom is 0.338 e. The summed E-state index contributed by atoms with van der Waals surface area (Å²) >= 11 is 0. The normalized spacial score (nSPS) is 11.1. The Bertz CT molecular complexity index is 202. The van der Waals surface area contributed by atoms with Crippen LogP contribution in [-0.2, 0) is 9.53 Å². The SMILES string of the molecule is C=C(C)C(=O)OC(C)=CCCC. The van der Waals surface area contributed by atoms with Gasteiger partial charge < -0.3 is 4.74 Å². The molecule has 0 aromatic carbocycles. The van der Waals surface area contributed by atoms with Crippen molar-refractivity contribution in [1.29, 1.82) is 0 Å². The summed E-state index contributed by atoms with van der Waals surface area (Å²) in [6.07, 6.45) is 3.90. The van der Waals surface area contributed by atoms with Gasteiger partial charge in [-0.2, -0.15) is 0 Å². The minimum Gasteiger partial charge on any atom is -0.428 e. The Hall–Kier alpha value is -1.05. The molecular formula is C10H16O2. The zero-order valence-corrected chi connectivity index (χ0v) is 8.02. The van der Waals surface area contributed by atoms with Gasteiger partial charge in [0, 0.05) is 5.57 Å². The maximum atomic E-state index is 11.0. The molecule has 0 saturated heterocycles. The van der Waals surface area contributed by atoms with Crippen molar-refractivity contribution in [2.24, 2.45) is 0 Å². The molecule has 0 aromatic heterocycles. The fourth-order valence-electron chi connectivity index (χ4n) is 0.623. The summed E-state index contributed by atoms with van der Waals surface area (Å²) in [7, 11) is 0. The van der Waals surface area contributed by atoms with Crippen LogP contribution in [0.1, 0.15) is 33.6 Å². The molecule has 0 unspecified atom stereocenters. The van der Waals surface area contributed by atoms with Gasteiger partial charge in [0.15, 0.2) is 0 Å². The van der Waals surface area contributed by atoms with Crippen LogP contribution in [0.2, 0.25) is 0 Å². The van der Waals surface area contributed by atoms with Crippen molar-refractivity contribution < 1.29 is 9.53 Å². The first-order valence-electron chi connectivity index (χ1n) is 4.12. The lowest BCUT2D eigenvalue weighted by molar-refractivity contribution is -0.134. The number of ether oxygens (including phenoxy) is 1. The van der Waals surface area contributed by atoms with Gasteiger partial charge in [-0.3, -0.25) is 0 Å². The highest BCUT2D eigenvalue weighted by molar-refractivity contribution is 5.87. The third-order valence-electron chi connectivity index (χ3n) is 1.32. The minimum absolute atomic E-state index is 0.347. The van der Waals surface area contributed by atoms with Crippen LogP contribution < -0.4 is 0 Å². The lowest BCUT2D eigenvalue weighted by Gasteiger charge is -2.02. The van der Waals surface area contributed by atoms with Crippen molar-refractivity contribution in [3.05, 3.63) is 24.0 Å². The van der Waals surface area contributed by atoms with Crippen molar-refractivity contribution in [1.82, 2.24) is 0 Å². The first-order valence-corrected chi connectivity index (χ1v) is 4.12. The summed E-state index contributed by atoms with van der Waals surface area (Å²) in [5.74, 6) is 0.310. The van der Waals surface area contributed by atoms with E-state index >= 15 is 0 Å². The van der Waals surface area contributed by atoms with E-state index < -0.39 is 0 Å². The predicted molar refractivity (Wildman–Crippen MR) is 49.6 cm³/mol. The largest absolute Gasteiger partial charge is 0.428 e. The summed E-state index contributed by atoms with van der Waals surface area (Å²) in [4.78, 5) is 11.0. The Morgan fingerprint density at radius 3 is 2.50 bits per heavy atom. The average Bonchev–Trinajstić information content (AvgIpc) is 2.00. The number of hydrogen-bond donors (Lipinski definition) is 0. The molecule has 2 nitrogen and oxygen atoms in total. The molecule has 12 heavy (non-hydrogen) atoms. The number of unbranched alkanes of at least 4 members (excludes halogenated alkanes) is 1. The molecule has 0 rings (SSSR count). The van der Waals surface area contributed by atoms with Crippen molar-refractivity contribution in [3.8, 4) is 0 Å². The Morgan fingerprint density at radius 1 is 1.50 bits per heavy atom. The first-order chi connectivity index (χ1) is 5.57. The van der Waals surface area contributed by atoms with Gasteiger partial charge in [-0.05, 0) is 26.3 Å². The molecule has 0 spiro atoms. The highest BCUT2D eigenvalue weighted by Gasteiger charge is 2.02. The Morgan fingerprint density at radius 2 is 2.08 bits per heavy atom. The molecule has 0 fully saturated rings. The van der Waals surface area contributed by atoms with Crippen molar-refractivity contribution in [2.75, 3.05) is 0 Å². The van der Waals surface area contributed by atoms with Crippen LogP contribution in [0.15, 0.2) is 24.0 Å². The molecule has 0 aliphatic carbocycles. The Balaban J connectivity index is 3.91. The summed E-state index contributed by atoms with van der Waals surface area (Å²) in [6.45, 7) is 8.97. The third-order valence-corrected chi connectivity index (χ3v) is 1.32. The molecule has 0 bridgehead atoms. The monoisotopic (exact) mass is 168 g/mol. The smallest absolute Gasteiger partial charge is 0.338 e. The molecule has 0 radical (unpaired) electrons. The number of esters is 1. The molecule has 0 aliphatic rings. The molecule has 0 amide bonds. The summed E-state index contributed by atoms with van der Waals surface area (Å²) < 4.78 is 4.94. The van der Waals surface area contributed by atoms with Crippen LogP contribution >= 0.6 is 0 Å². The van der Waals surface area contributed by atoms with E-state index in [1.165, 1.54) is 0 Å². The molecule has 0 heterocycles. The standard InChI is InChI=1S/C10H16O2/c1-5-6-7-9(4)12-10(11)8(2)3/h7H,2,5-6H2,1,3-4H3. The van der Waals surface area contributed by atoms with E-state index in [4.69, 9.17) is 4.74 Å². The van der Waals surface area contributed by atoms with E-state index in [0.29, 0.717) is 11.3 Å². The minimum atomic E-state index is -0.347. The second kappa shape index (κ2) is 5.58. The fraction of sp³-hybridized carbons (Fsp3) is 0.500. The van der Waals surface area contributed by atoms with Gasteiger partial charge in [0.2, 0.25) is 0 Å². The summed E-state index contributed by atoms with van der Waals surface area (Å²) in [5.41, 5.74) is 0.430. The summed E-state index contributed by atoms with van der Waals surface area (Å²) in [6, 6.07) is 0. The number of allylic oxidation sites excluding steroid dienone is 2. The van der Waals surface area contributed by atoms with Gasteiger partial charge in [0.25, 0.3) is 0 Å². The number of hydrogen-bond acceptors (Lipinski definition) is 2. The fourth-order valence-corrected chi connectivity index (χ4v) is 0.623. The molecular weight excluding hydrogens is 152 g/mol. The van der Waals surface area contributed by atoms with Crippen molar-refractivity contribution in [2.45, 2.75) is 33.6 Å². The van der Waals surface area contributed by atoms with Crippen molar-refractivity contribution in [3.63, 3.8) is 0 Å². The first kappa shape index (κ1) is 11.0. The number of rotatable bonds is 4. The van der Waals surface area contributed by atoms with Crippen LogP contribution in [0.5, 0.6) is 0 Å². The zero-order valence-electron chi connectivity index (χ0n) is 8.02. The van der Waals surface area contributed by atoms with Gasteiger partial charge in [-0.15, -0.1) is 0 Å². The van der Waals surface area contributed by atoms with E-state index in [2.05, 4.69) is 13.5 Å². The number of carbonyl (C=O) groups excluding carboxylic acids is 1.